The first-order valence-corrected chi connectivity index (χ1v) is 12.1. The van der Waals surface area contributed by atoms with Crippen molar-refractivity contribution >= 4 is 16.5 Å². The molecule has 180 valence electrons. The van der Waals surface area contributed by atoms with E-state index in [0.717, 1.165) is 43.5 Å². The number of nitrogens with zero attached hydrogens (tertiary/aromatic N) is 4. The molecule has 2 aromatic carbocycles. The monoisotopic (exact) mass is 474 g/mol. The average molecular weight is 475 g/mol. The molecule has 8 heteroatoms. The molecule has 2 aliphatic rings. The number of fused-ring (bicyclic) bond motifs is 1. The van der Waals surface area contributed by atoms with E-state index in [4.69, 9.17) is 9.26 Å². The van der Waals surface area contributed by atoms with Gasteiger partial charge in [-0.3, -0.25) is 14.3 Å². The molecule has 4 aromatic rings. The molecule has 2 aromatic heterocycles. The van der Waals surface area contributed by atoms with E-state index in [0.29, 0.717) is 35.2 Å². The molecule has 0 radical (unpaired) electrons. The maximum Gasteiger partial charge on any atom is 0.262 e. The van der Waals surface area contributed by atoms with Crippen molar-refractivity contribution in [3.05, 3.63) is 82.9 Å². The minimum atomic E-state index is -0.297. The molecule has 2 saturated heterocycles. The molecule has 4 heterocycles. The van der Waals surface area contributed by atoms with Crippen LogP contribution >= 0.6 is 0 Å². The molecule has 0 amide bonds. The number of halogens is 1. The van der Waals surface area contributed by atoms with Crippen LogP contribution in [0.25, 0.3) is 16.5 Å². The Morgan fingerprint density at radius 3 is 2.77 bits per heavy atom. The van der Waals surface area contributed by atoms with E-state index in [-0.39, 0.29) is 11.4 Å². The standard InChI is InChI=1S/C27H27FN4O3/c28-25-14-21(3-6-26(25)31-11-8-22(16-31)30-9-1-2-10-30)32-12-7-20-13-23(4-5-24(20)27(32)33)34-17-19-15-29-35-18-19/h3-7,12-15,18,22H,1-2,8-11,16-17H2/t22-/m1/s1. The third kappa shape index (κ3) is 4.30. The summed E-state index contributed by atoms with van der Waals surface area (Å²) in [5, 5.41) is 4.96. The van der Waals surface area contributed by atoms with E-state index in [1.165, 1.54) is 29.7 Å². The van der Waals surface area contributed by atoms with Crippen LogP contribution in [0.2, 0.25) is 0 Å². The van der Waals surface area contributed by atoms with E-state index in [9.17, 15) is 4.79 Å². The first kappa shape index (κ1) is 21.9. The normalized spacial score (nSPS) is 18.5. The van der Waals surface area contributed by atoms with Gasteiger partial charge in [0.1, 0.15) is 24.4 Å². The van der Waals surface area contributed by atoms with Crippen LogP contribution < -0.4 is 15.2 Å². The molecule has 0 saturated carbocycles. The molecule has 0 unspecified atom stereocenters. The highest BCUT2D eigenvalue weighted by Gasteiger charge is 2.30. The van der Waals surface area contributed by atoms with Crippen LogP contribution in [0.1, 0.15) is 24.8 Å². The summed E-state index contributed by atoms with van der Waals surface area (Å²) in [6.45, 7) is 4.34. The molecule has 0 N–H and O–H groups in total. The van der Waals surface area contributed by atoms with Crippen molar-refractivity contribution in [2.45, 2.75) is 31.9 Å². The quantitative estimate of drug-likeness (QED) is 0.414. The molecule has 1 atom stereocenters. The molecule has 6 rings (SSSR count). The smallest absolute Gasteiger partial charge is 0.262 e. The molecular formula is C27H27FN4O3. The maximum absolute atomic E-state index is 15.2. The lowest BCUT2D eigenvalue weighted by Crippen LogP contribution is -2.35. The van der Waals surface area contributed by atoms with Gasteiger partial charge < -0.3 is 14.2 Å². The number of rotatable bonds is 6. The summed E-state index contributed by atoms with van der Waals surface area (Å²) in [5.74, 6) is 0.346. The SMILES string of the molecule is O=c1c2ccc(OCc3cnoc3)cc2ccn1-c1ccc(N2CC[C@@H](N3CCCC3)C2)c(F)c1. The highest BCUT2D eigenvalue weighted by atomic mass is 19.1. The second kappa shape index (κ2) is 9.19. The Morgan fingerprint density at radius 1 is 1.09 bits per heavy atom. The minimum Gasteiger partial charge on any atom is -0.489 e. The van der Waals surface area contributed by atoms with Crippen LogP contribution in [-0.4, -0.2) is 46.8 Å². The molecule has 0 bridgehead atoms. The van der Waals surface area contributed by atoms with Crippen LogP contribution in [0.15, 0.2) is 70.4 Å². The zero-order valence-electron chi connectivity index (χ0n) is 19.4. The maximum atomic E-state index is 15.2. The summed E-state index contributed by atoms with van der Waals surface area (Å²) >= 11 is 0. The number of hydrogen-bond donors (Lipinski definition) is 0. The van der Waals surface area contributed by atoms with Gasteiger partial charge in [-0.2, -0.15) is 0 Å². The number of anilines is 1. The van der Waals surface area contributed by atoms with Crippen LogP contribution in [-0.2, 0) is 6.61 Å². The lowest BCUT2D eigenvalue weighted by molar-refractivity contribution is 0.260. The Bertz CT molecular complexity index is 1400. The van der Waals surface area contributed by atoms with Gasteiger partial charge in [0.05, 0.1) is 17.6 Å². The van der Waals surface area contributed by atoms with Crippen molar-refractivity contribution in [2.75, 3.05) is 31.1 Å². The van der Waals surface area contributed by atoms with Crippen LogP contribution in [0.4, 0.5) is 10.1 Å². The number of aromatic nitrogens is 2. The fourth-order valence-electron chi connectivity index (χ4n) is 5.25. The van der Waals surface area contributed by atoms with E-state index < -0.39 is 0 Å². The van der Waals surface area contributed by atoms with Crippen molar-refractivity contribution in [1.82, 2.24) is 14.6 Å². The number of hydrogen-bond acceptors (Lipinski definition) is 6. The van der Waals surface area contributed by atoms with Crippen molar-refractivity contribution in [3.8, 4) is 11.4 Å². The molecule has 2 fully saturated rings. The summed E-state index contributed by atoms with van der Waals surface area (Å²) in [7, 11) is 0. The minimum absolute atomic E-state index is 0.199. The van der Waals surface area contributed by atoms with E-state index >= 15 is 4.39 Å². The van der Waals surface area contributed by atoms with Gasteiger partial charge in [-0.15, -0.1) is 0 Å². The number of likely N-dealkylation sites (tertiary alicyclic amines) is 1. The third-order valence-corrected chi connectivity index (χ3v) is 7.13. The Balaban J connectivity index is 1.21. The summed E-state index contributed by atoms with van der Waals surface area (Å²) < 4.78 is 27.3. The highest BCUT2D eigenvalue weighted by molar-refractivity contribution is 5.83. The predicted octanol–water partition coefficient (Wildman–Crippen LogP) is 4.37. The average Bonchev–Trinajstić information content (AvgIpc) is 3.66. The first-order valence-electron chi connectivity index (χ1n) is 12.1. The molecule has 2 aliphatic heterocycles. The Labute approximate surface area is 202 Å². The second-order valence-corrected chi connectivity index (χ2v) is 9.33. The van der Waals surface area contributed by atoms with Gasteiger partial charge in [-0.25, -0.2) is 4.39 Å². The Morgan fingerprint density at radius 2 is 1.97 bits per heavy atom. The Hall–Kier alpha value is -3.65. The van der Waals surface area contributed by atoms with Gasteiger partial charge in [0.25, 0.3) is 5.56 Å². The van der Waals surface area contributed by atoms with Gasteiger partial charge >= 0.3 is 0 Å². The number of benzene rings is 2. The van der Waals surface area contributed by atoms with Crippen LogP contribution in [0.3, 0.4) is 0 Å². The fourth-order valence-corrected chi connectivity index (χ4v) is 5.25. The van der Waals surface area contributed by atoms with Gasteiger partial charge in [0.2, 0.25) is 0 Å². The summed E-state index contributed by atoms with van der Waals surface area (Å²) in [4.78, 5) is 17.9. The van der Waals surface area contributed by atoms with Crippen molar-refractivity contribution in [2.24, 2.45) is 0 Å². The highest BCUT2D eigenvalue weighted by Crippen LogP contribution is 2.29. The zero-order valence-corrected chi connectivity index (χ0v) is 19.4. The second-order valence-electron chi connectivity index (χ2n) is 9.33. The topological polar surface area (TPSA) is 63.7 Å². The van der Waals surface area contributed by atoms with Gasteiger partial charge in [0, 0.05) is 42.3 Å². The van der Waals surface area contributed by atoms with Crippen molar-refractivity contribution in [1.29, 1.82) is 0 Å². The molecular weight excluding hydrogens is 447 g/mol. The van der Waals surface area contributed by atoms with Gasteiger partial charge in [-0.05, 0) is 74.1 Å². The molecule has 0 spiro atoms. The largest absolute Gasteiger partial charge is 0.489 e. The number of ether oxygens (including phenoxy) is 1. The molecule has 7 nitrogen and oxygen atoms in total. The molecule has 35 heavy (non-hydrogen) atoms. The Kier molecular flexibility index (Phi) is 5.74. The lowest BCUT2D eigenvalue weighted by atomic mass is 10.1. The van der Waals surface area contributed by atoms with Crippen molar-refractivity contribution in [3.63, 3.8) is 0 Å². The van der Waals surface area contributed by atoms with Crippen LogP contribution in [0, 0.1) is 5.82 Å². The fraction of sp³-hybridized carbons (Fsp3) is 0.333. The summed E-state index contributed by atoms with van der Waals surface area (Å²) in [6, 6.07) is 12.8. The third-order valence-electron chi connectivity index (χ3n) is 7.13. The van der Waals surface area contributed by atoms with E-state index in [1.807, 2.05) is 18.2 Å². The number of pyridine rings is 1. The zero-order chi connectivity index (χ0) is 23.8. The van der Waals surface area contributed by atoms with Gasteiger partial charge in [-0.1, -0.05) is 5.16 Å². The lowest BCUT2D eigenvalue weighted by Gasteiger charge is -2.25. The van der Waals surface area contributed by atoms with E-state index in [1.54, 1.807) is 30.6 Å². The van der Waals surface area contributed by atoms with Crippen molar-refractivity contribution < 1.29 is 13.7 Å². The van der Waals surface area contributed by atoms with Gasteiger partial charge in [0.15, 0.2) is 0 Å². The summed E-state index contributed by atoms with van der Waals surface area (Å²) in [6.07, 6.45) is 8.40. The van der Waals surface area contributed by atoms with Crippen LogP contribution in [0.5, 0.6) is 5.75 Å². The first-order chi connectivity index (χ1) is 17.2. The predicted molar refractivity (Wildman–Crippen MR) is 132 cm³/mol. The molecule has 0 aliphatic carbocycles. The summed E-state index contributed by atoms with van der Waals surface area (Å²) in [5.41, 5.74) is 1.75. The van der Waals surface area contributed by atoms with E-state index in [2.05, 4.69) is 15.0 Å².